The minimum absolute atomic E-state index is 0.176. The highest BCUT2D eigenvalue weighted by atomic mass is 32.2. The summed E-state index contributed by atoms with van der Waals surface area (Å²) in [4.78, 5) is 4.82. The molecular formula is C22H24N4O3S2. The Kier molecular flexibility index (Phi) is 6.64. The van der Waals surface area contributed by atoms with Crippen LogP contribution in [0.3, 0.4) is 0 Å². The van der Waals surface area contributed by atoms with Crippen molar-refractivity contribution >= 4 is 32.7 Å². The van der Waals surface area contributed by atoms with Gasteiger partial charge in [0.2, 0.25) is 15.2 Å². The van der Waals surface area contributed by atoms with Gasteiger partial charge in [-0.05, 0) is 42.7 Å². The molecule has 0 atom stereocenters. The minimum atomic E-state index is -3.51. The molecule has 2 heterocycles. The van der Waals surface area contributed by atoms with Gasteiger partial charge in [0.15, 0.2) is 0 Å². The van der Waals surface area contributed by atoms with E-state index in [1.807, 2.05) is 17.5 Å². The number of hydrogen-bond donors (Lipinski definition) is 2. The summed E-state index contributed by atoms with van der Waals surface area (Å²) in [6, 6.07) is 13.7. The molecule has 0 amide bonds. The molecule has 2 N–H and O–H groups in total. The van der Waals surface area contributed by atoms with Crippen LogP contribution < -0.4 is 5.43 Å². The van der Waals surface area contributed by atoms with Crippen molar-refractivity contribution in [3.8, 4) is 17.0 Å². The molecule has 2 aromatic carbocycles. The van der Waals surface area contributed by atoms with Gasteiger partial charge < -0.3 is 5.11 Å². The summed E-state index contributed by atoms with van der Waals surface area (Å²) in [6.07, 6.45) is 5.56. The topological polar surface area (TPSA) is 94.9 Å². The van der Waals surface area contributed by atoms with E-state index in [9.17, 15) is 13.5 Å². The average Bonchev–Trinajstić information content (AvgIpc) is 3.06. The molecule has 3 aromatic rings. The van der Waals surface area contributed by atoms with Crippen molar-refractivity contribution in [2.45, 2.75) is 30.6 Å². The van der Waals surface area contributed by atoms with Gasteiger partial charge in [0.05, 0.1) is 16.8 Å². The van der Waals surface area contributed by atoms with Gasteiger partial charge in [-0.2, -0.15) is 9.41 Å². The van der Waals surface area contributed by atoms with E-state index in [1.165, 1.54) is 11.3 Å². The van der Waals surface area contributed by atoms with Gasteiger partial charge in [0, 0.05) is 24.0 Å². The number of anilines is 1. The number of aromatic hydroxyl groups is 1. The maximum Gasteiger partial charge on any atom is 0.243 e. The van der Waals surface area contributed by atoms with Crippen LogP contribution in [0.5, 0.6) is 5.75 Å². The molecule has 0 aliphatic carbocycles. The standard InChI is InChI=1S/C22H24N4O3S2/c27-19-9-5-7-17(13-19)15-23-25-22-24-21(16-30-22)18-8-6-10-20(14-18)31(28,29)26-11-3-1-2-4-12-26/h5-10,13-16,27H,1-4,11-12H2,(H,24,25)/b23-15+. The predicted octanol–water partition coefficient (Wildman–Crippen LogP) is 4.53. The van der Waals surface area contributed by atoms with Gasteiger partial charge in [-0.1, -0.05) is 37.1 Å². The van der Waals surface area contributed by atoms with Crippen molar-refractivity contribution in [1.82, 2.24) is 9.29 Å². The SMILES string of the molecule is O=S(=O)(c1cccc(-c2csc(N/N=C/c3cccc(O)c3)n2)c1)N1CCCCCC1. The number of aromatic nitrogens is 1. The van der Waals surface area contributed by atoms with Gasteiger partial charge in [-0.3, -0.25) is 5.43 Å². The Morgan fingerprint density at radius 3 is 2.61 bits per heavy atom. The second-order valence-electron chi connectivity index (χ2n) is 7.35. The van der Waals surface area contributed by atoms with Crippen LogP contribution in [0.4, 0.5) is 5.13 Å². The van der Waals surface area contributed by atoms with Crippen molar-refractivity contribution in [1.29, 1.82) is 0 Å². The number of hydrogen-bond acceptors (Lipinski definition) is 7. The second-order valence-corrected chi connectivity index (χ2v) is 10.1. The third-order valence-electron chi connectivity index (χ3n) is 5.08. The number of sulfonamides is 1. The van der Waals surface area contributed by atoms with Crippen LogP contribution in [0.15, 0.2) is 63.9 Å². The Morgan fingerprint density at radius 2 is 1.84 bits per heavy atom. The number of phenols is 1. The number of hydrazone groups is 1. The lowest BCUT2D eigenvalue weighted by molar-refractivity contribution is 0.424. The summed E-state index contributed by atoms with van der Waals surface area (Å²) in [6.45, 7) is 1.16. The van der Waals surface area contributed by atoms with E-state index in [2.05, 4.69) is 15.5 Å². The Morgan fingerprint density at radius 1 is 1.06 bits per heavy atom. The number of nitrogens with zero attached hydrogens (tertiary/aromatic N) is 3. The van der Waals surface area contributed by atoms with Crippen molar-refractivity contribution in [2.24, 2.45) is 5.10 Å². The molecule has 4 rings (SSSR count). The van der Waals surface area contributed by atoms with Crippen molar-refractivity contribution in [3.63, 3.8) is 0 Å². The molecule has 1 fully saturated rings. The lowest BCUT2D eigenvalue weighted by Gasteiger charge is -2.20. The molecule has 0 spiro atoms. The van der Waals surface area contributed by atoms with Crippen molar-refractivity contribution in [3.05, 3.63) is 59.5 Å². The molecule has 162 valence electrons. The fraction of sp³-hybridized carbons (Fsp3) is 0.273. The first-order valence-corrected chi connectivity index (χ1v) is 12.5. The van der Waals surface area contributed by atoms with E-state index in [1.54, 1.807) is 46.9 Å². The van der Waals surface area contributed by atoms with Crippen molar-refractivity contribution < 1.29 is 13.5 Å². The van der Waals surface area contributed by atoms with Gasteiger partial charge in [0.25, 0.3) is 0 Å². The summed E-state index contributed by atoms with van der Waals surface area (Å²) in [5.41, 5.74) is 5.07. The zero-order chi connectivity index (χ0) is 21.7. The van der Waals surface area contributed by atoms with Crippen LogP contribution >= 0.6 is 11.3 Å². The zero-order valence-electron chi connectivity index (χ0n) is 16.9. The number of rotatable bonds is 6. The molecule has 9 heteroatoms. The largest absolute Gasteiger partial charge is 0.508 e. The molecule has 31 heavy (non-hydrogen) atoms. The monoisotopic (exact) mass is 456 g/mol. The Hall–Kier alpha value is -2.75. The lowest BCUT2D eigenvalue weighted by Crippen LogP contribution is -2.31. The third kappa shape index (κ3) is 5.30. The zero-order valence-corrected chi connectivity index (χ0v) is 18.6. The van der Waals surface area contributed by atoms with Crippen molar-refractivity contribution in [2.75, 3.05) is 18.5 Å². The molecular weight excluding hydrogens is 432 g/mol. The molecule has 1 aromatic heterocycles. The first kappa shape index (κ1) is 21.5. The molecule has 1 aliphatic rings. The van der Waals surface area contributed by atoms with E-state index >= 15 is 0 Å². The minimum Gasteiger partial charge on any atom is -0.508 e. The first-order chi connectivity index (χ1) is 15.0. The van der Waals surface area contributed by atoms with Gasteiger partial charge in [-0.25, -0.2) is 13.4 Å². The summed E-state index contributed by atoms with van der Waals surface area (Å²) in [7, 11) is -3.51. The summed E-state index contributed by atoms with van der Waals surface area (Å²) >= 11 is 1.38. The van der Waals surface area contributed by atoms with E-state index < -0.39 is 10.0 Å². The molecule has 0 bridgehead atoms. The highest BCUT2D eigenvalue weighted by molar-refractivity contribution is 7.89. The van der Waals surface area contributed by atoms with Crippen LogP contribution in [0.1, 0.15) is 31.2 Å². The third-order valence-corrected chi connectivity index (χ3v) is 7.72. The number of phenolic OH excluding ortho intramolecular Hbond substituents is 1. The summed E-state index contributed by atoms with van der Waals surface area (Å²) in [5.74, 6) is 0.176. The predicted molar refractivity (Wildman–Crippen MR) is 124 cm³/mol. The highest BCUT2D eigenvalue weighted by Gasteiger charge is 2.25. The van der Waals surface area contributed by atoms with E-state index in [0.717, 1.165) is 36.8 Å². The van der Waals surface area contributed by atoms with E-state index in [0.29, 0.717) is 28.8 Å². The highest BCUT2D eigenvalue weighted by Crippen LogP contribution is 2.28. The fourth-order valence-corrected chi connectivity index (χ4v) is 5.70. The average molecular weight is 457 g/mol. The number of nitrogens with one attached hydrogen (secondary N) is 1. The Balaban J connectivity index is 1.49. The van der Waals surface area contributed by atoms with Crippen LogP contribution in [-0.2, 0) is 10.0 Å². The first-order valence-electron chi connectivity index (χ1n) is 10.2. The maximum atomic E-state index is 13.1. The maximum absolute atomic E-state index is 13.1. The van der Waals surface area contributed by atoms with Gasteiger partial charge in [-0.15, -0.1) is 11.3 Å². The Bertz CT molecular complexity index is 1170. The van der Waals surface area contributed by atoms with Crippen LogP contribution in [0, 0.1) is 0 Å². The van der Waals surface area contributed by atoms with Crippen LogP contribution in [0.25, 0.3) is 11.3 Å². The van der Waals surface area contributed by atoms with Crippen LogP contribution in [0.2, 0.25) is 0 Å². The molecule has 0 saturated carbocycles. The second kappa shape index (κ2) is 9.59. The molecule has 0 radical (unpaired) electrons. The van der Waals surface area contributed by atoms with E-state index in [4.69, 9.17) is 0 Å². The summed E-state index contributed by atoms with van der Waals surface area (Å²) < 4.78 is 27.8. The normalized spacial score (nSPS) is 15.7. The number of benzene rings is 2. The van der Waals surface area contributed by atoms with E-state index in [-0.39, 0.29) is 5.75 Å². The molecule has 1 saturated heterocycles. The lowest BCUT2D eigenvalue weighted by atomic mass is 10.2. The molecule has 1 aliphatic heterocycles. The number of thiazole rings is 1. The fourth-order valence-electron chi connectivity index (χ4n) is 3.47. The quantitative estimate of drug-likeness (QED) is 0.420. The van der Waals surface area contributed by atoms with Gasteiger partial charge >= 0.3 is 0 Å². The van der Waals surface area contributed by atoms with Gasteiger partial charge in [0.1, 0.15) is 5.75 Å². The molecule has 7 nitrogen and oxygen atoms in total. The van der Waals surface area contributed by atoms with Crippen LogP contribution in [-0.4, -0.2) is 42.1 Å². The molecule has 0 unspecified atom stereocenters. The smallest absolute Gasteiger partial charge is 0.243 e. The summed E-state index contributed by atoms with van der Waals surface area (Å²) in [5, 5.41) is 16.1. The Labute approximate surface area is 186 Å².